The smallest absolute Gasteiger partial charge is 0.141 e. The second-order valence-corrected chi connectivity index (χ2v) is 9.91. The van der Waals surface area contributed by atoms with Crippen molar-refractivity contribution < 1.29 is 9.47 Å². The maximum absolute atomic E-state index is 10.5. The summed E-state index contributed by atoms with van der Waals surface area (Å²) in [5.41, 5.74) is 1.34. The molecule has 0 radical (unpaired) electrons. The van der Waals surface area contributed by atoms with E-state index >= 15 is 0 Å². The molecule has 34 heavy (non-hydrogen) atoms. The number of likely N-dealkylation sites (tertiary alicyclic amines) is 1. The molecule has 0 N–H and O–H groups in total. The molecule has 0 spiro atoms. The van der Waals surface area contributed by atoms with E-state index in [0.29, 0.717) is 10.8 Å². The lowest BCUT2D eigenvalue weighted by molar-refractivity contribution is -0.0465. The van der Waals surface area contributed by atoms with E-state index in [1.165, 1.54) is 0 Å². The molecule has 1 aliphatic rings. The van der Waals surface area contributed by atoms with Crippen molar-refractivity contribution in [1.82, 2.24) is 4.90 Å². The van der Waals surface area contributed by atoms with Crippen molar-refractivity contribution >= 4 is 11.6 Å². The highest BCUT2D eigenvalue weighted by molar-refractivity contribution is 6.32. The van der Waals surface area contributed by atoms with Crippen LogP contribution in [0.25, 0.3) is 0 Å². The summed E-state index contributed by atoms with van der Waals surface area (Å²) in [6.07, 6.45) is 1.74. The summed E-state index contributed by atoms with van der Waals surface area (Å²) < 4.78 is 11.4. The first kappa shape index (κ1) is 24.1. The molecule has 0 aromatic heterocycles. The molecule has 5 heteroatoms. The number of ether oxygens (including phenoxy) is 2. The van der Waals surface area contributed by atoms with Crippen molar-refractivity contribution in [3.8, 4) is 17.6 Å². The molecule has 3 aromatic carbocycles. The van der Waals surface area contributed by atoms with Gasteiger partial charge in [-0.2, -0.15) is 5.26 Å². The maximum atomic E-state index is 10.5. The molecule has 1 saturated heterocycles. The highest BCUT2D eigenvalue weighted by Gasteiger charge is 2.42. The Kier molecular flexibility index (Phi) is 7.16. The van der Waals surface area contributed by atoms with Crippen LogP contribution in [0.3, 0.4) is 0 Å². The first-order valence-electron chi connectivity index (χ1n) is 11.7. The lowest BCUT2D eigenvalue weighted by atomic mass is 9.70. The number of rotatable bonds is 9. The van der Waals surface area contributed by atoms with Gasteiger partial charge in [0.15, 0.2) is 0 Å². The third-order valence-corrected chi connectivity index (χ3v) is 7.28. The molecule has 4 rings (SSSR count). The van der Waals surface area contributed by atoms with Crippen molar-refractivity contribution in [3.05, 3.63) is 95.0 Å². The topological polar surface area (TPSA) is 45.5 Å². The summed E-state index contributed by atoms with van der Waals surface area (Å²) in [4.78, 5) is 2.43. The molecule has 4 nitrogen and oxygen atoms in total. The minimum absolute atomic E-state index is 0.0663. The molecule has 0 amide bonds. The van der Waals surface area contributed by atoms with Gasteiger partial charge in [0.1, 0.15) is 23.0 Å². The summed E-state index contributed by atoms with van der Waals surface area (Å²) in [6, 6.07) is 28.5. The minimum atomic E-state index is -0.680. The predicted molar refractivity (Wildman–Crippen MR) is 137 cm³/mol. The van der Waals surface area contributed by atoms with Crippen LogP contribution < -0.4 is 9.47 Å². The van der Waals surface area contributed by atoms with Crippen molar-refractivity contribution in [2.75, 3.05) is 20.2 Å². The van der Waals surface area contributed by atoms with Crippen molar-refractivity contribution in [1.29, 1.82) is 5.26 Å². The van der Waals surface area contributed by atoms with E-state index in [-0.39, 0.29) is 11.6 Å². The summed E-state index contributed by atoms with van der Waals surface area (Å²) in [5, 5.41) is 11.0. The molecule has 0 aliphatic carbocycles. The Morgan fingerprint density at radius 2 is 1.53 bits per heavy atom. The van der Waals surface area contributed by atoms with Crippen LogP contribution >= 0.6 is 11.6 Å². The molecular weight excluding hydrogens is 444 g/mol. The van der Waals surface area contributed by atoms with Gasteiger partial charge in [-0.05, 0) is 49.9 Å². The van der Waals surface area contributed by atoms with E-state index in [9.17, 15) is 5.26 Å². The van der Waals surface area contributed by atoms with Gasteiger partial charge in [-0.3, -0.25) is 4.90 Å². The van der Waals surface area contributed by atoms with Gasteiger partial charge in [0.25, 0.3) is 0 Å². The van der Waals surface area contributed by atoms with Gasteiger partial charge in [0.05, 0.1) is 18.2 Å². The lowest BCUT2D eigenvalue weighted by Crippen LogP contribution is -2.62. The van der Waals surface area contributed by atoms with Gasteiger partial charge in [0, 0.05) is 24.7 Å². The number of nitrogens with zero attached hydrogens (tertiary/aromatic N) is 2. The average Bonchev–Trinajstić information content (AvgIpc) is 2.84. The molecule has 0 saturated carbocycles. The van der Waals surface area contributed by atoms with Gasteiger partial charge in [-0.25, -0.2) is 0 Å². The molecular formula is C29H31ClN2O2. The van der Waals surface area contributed by atoms with Crippen molar-refractivity contribution in [3.63, 3.8) is 0 Å². The van der Waals surface area contributed by atoms with Gasteiger partial charge in [-0.1, -0.05) is 72.3 Å². The van der Waals surface area contributed by atoms with Gasteiger partial charge in [-0.15, -0.1) is 0 Å². The standard InChI is InChI=1S/C29H31ClN2O2/c1-28(2,32-19-25(20-32)34-24-14-15-26(30)27(18-24)33-3)16-17-29(21-31,22-10-6-4-7-11-22)23-12-8-5-9-13-23/h4-15,18,25H,16-17,19-20H2,1-3H3. The van der Waals surface area contributed by atoms with Crippen molar-refractivity contribution in [2.45, 2.75) is 43.7 Å². The number of methoxy groups -OCH3 is 1. The monoisotopic (exact) mass is 474 g/mol. The third-order valence-electron chi connectivity index (χ3n) is 6.97. The average molecular weight is 475 g/mol. The van der Waals surface area contributed by atoms with E-state index < -0.39 is 5.41 Å². The summed E-state index contributed by atoms with van der Waals surface area (Å²) in [6.45, 7) is 6.20. The third kappa shape index (κ3) is 4.92. The number of halogens is 1. The second-order valence-electron chi connectivity index (χ2n) is 9.50. The molecule has 176 valence electrons. The lowest BCUT2D eigenvalue weighted by Gasteiger charge is -2.49. The maximum Gasteiger partial charge on any atom is 0.141 e. The van der Waals surface area contributed by atoms with Gasteiger partial charge < -0.3 is 9.47 Å². The quantitative estimate of drug-likeness (QED) is 0.356. The van der Waals surface area contributed by atoms with Crippen LogP contribution in [0.1, 0.15) is 37.8 Å². The van der Waals surface area contributed by atoms with Crippen LogP contribution in [0.5, 0.6) is 11.5 Å². The predicted octanol–water partition coefficient (Wildman–Crippen LogP) is 6.48. The SMILES string of the molecule is COc1cc(OC2CN(C(C)(C)CCC(C#N)(c3ccccc3)c3ccccc3)C2)ccc1Cl. The summed E-state index contributed by atoms with van der Waals surface area (Å²) in [5.74, 6) is 1.38. The second kappa shape index (κ2) is 10.1. The highest BCUT2D eigenvalue weighted by Crippen LogP contribution is 2.40. The number of hydrogen-bond acceptors (Lipinski definition) is 4. The Balaban J connectivity index is 1.44. The Morgan fingerprint density at radius 3 is 2.06 bits per heavy atom. The van der Waals surface area contributed by atoms with E-state index in [4.69, 9.17) is 21.1 Å². The van der Waals surface area contributed by atoms with Crippen LogP contribution in [0.2, 0.25) is 5.02 Å². The first-order chi connectivity index (χ1) is 16.4. The molecule has 3 aromatic rings. The number of benzene rings is 3. The number of hydrogen-bond donors (Lipinski definition) is 0. The zero-order valence-electron chi connectivity index (χ0n) is 20.0. The normalized spacial score (nSPS) is 14.8. The minimum Gasteiger partial charge on any atom is -0.495 e. The zero-order chi connectivity index (χ0) is 24.2. The van der Waals surface area contributed by atoms with Crippen molar-refractivity contribution in [2.24, 2.45) is 0 Å². The number of nitriles is 1. The molecule has 0 atom stereocenters. The van der Waals surface area contributed by atoms with Gasteiger partial charge >= 0.3 is 0 Å². The largest absolute Gasteiger partial charge is 0.495 e. The van der Waals surface area contributed by atoms with Gasteiger partial charge in [0.2, 0.25) is 0 Å². The molecule has 0 unspecified atom stereocenters. The fourth-order valence-corrected chi connectivity index (χ4v) is 4.84. The molecule has 0 bridgehead atoms. The van der Waals surface area contributed by atoms with E-state index in [2.05, 4.69) is 49.1 Å². The van der Waals surface area contributed by atoms with E-state index in [1.54, 1.807) is 13.2 Å². The van der Waals surface area contributed by atoms with E-state index in [1.807, 2.05) is 48.5 Å². The Morgan fingerprint density at radius 1 is 0.941 bits per heavy atom. The van der Waals surface area contributed by atoms with Crippen LogP contribution in [-0.4, -0.2) is 36.7 Å². The van der Waals surface area contributed by atoms with E-state index in [0.717, 1.165) is 42.8 Å². The van der Waals surface area contributed by atoms with Crippen LogP contribution in [0.15, 0.2) is 78.9 Å². The van der Waals surface area contributed by atoms with Crippen LogP contribution in [0.4, 0.5) is 0 Å². The summed E-state index contributed by atoms with van der Waals surface area (Å²) >= 11 is 6.12. The highest BCUT2D eigenvalue weighted by atomic mass is 35.5. The first-order valence-corrected chi connectivity index (χ1v) is 12.0. The molecule has 1 heterocycles. The molecule has 1 fully saturated rings. The fraction of sp³-hybridized carbons (Fsp3) is 0.345. The fourth-order valence-electron chi connectivity index (χ4n) is 4.65. The Hall–Kier alpha value is -3.00. The van der Waals surface area contributed by atoms with Crippen LogP contribution in [0, 0.1) is 11.3 Å². The summed E-state index contributed by atoms with van der Waals surface area (Å²) in [7, 11) is 1.60. The Labute approximate surface area is 207 Å². The zero-order valence-corrected chi connectivity index (χ0v) is 20.8. The Bertz CT molecular complexity index is 1100. The van der Waals surface area contributed by atoms with Crippen LogP contribution in [-0.2, 0) is 5.41 Å². The molecule has 1 aliphatic heterocycles.